The quantitative estimate of drug-likeness (QED) is 0.691. The van der Waals surface area contributed by atoms with Crippen molar-refractivity contribution in [1.29, 1.82) is 0 Å². The Kier molecular flexibility index (Phi) is 5.16. The summed E-state index contributed by atoms with van der Waals surface area (Å²) in [6, 6.07) is 0.421. The smallest absolute Gasteiger partial charge is 0.0640 e. The molecule has 0 bridgehead atoms. The van der Waals surface area contributed by atoms with Crippen molar-refractivity contribution in [2.75, 3.05) is 13.2 Å². The van der Waals surface area contributed by atoms with Gasteiger partial charge in [0.05, 0.1) is 19.3 Å². The van der Waals surface area contributed by atoms with Crippen LogP contribution in [0.2, 0.25) is 0 Å². The van der Waals surface area contributed by atoms with Crippen LogP contribution in [-0.4, -0.2) is 39.2 Å². The van der Waals surface area contributed by atoms with Crippen molar-refractivity contribution in [1.82, 2.24) is 15.1 Å². The number of nitrogens with one attached hydrogen (secondary N) is 1. The lowest BCUT2D eigenvalue weighted by atomic mass is 9.85. The molecule has 102 valence electrons. The molecule has 1 aromatic heterocycles. The van der Waals surface area contributed by atoms with Crippen molar-refractivity contribution in [3.05, 3.63) is 18.0 Å². The molecule has 2 rings (SSSR count). The number of aromatic nitrogens is 2. The van der Waals surface area contributed by atoms with Crippen LogP contribution in [0.4, 0.5) is 0 Å². The molecule has 1 aromatic rings. The molecule has 1 aliphatic carbocycles. The van der Waals surface area contributed by atoms with Crippen LogP contribution in [0.3, 0.4) is 0 Å². The Hall–Kier alpha value is -0.910. The minimum atomic E-state index is 0.115. The molecule has 2 unspecified atom stereocenters. The normalized spacial score (nSPS) is 24.3. The third-order valence-electron chi connectivity index (χ3n) is 3.73. The number of aliphatic hydroxyl groups is 2. The molecule has 0 saturated heterocycles. The summed E-state index contributed by atoms with van der Waals surface area (Å²) in [4.78, 5) is 0. The number of aliphatic hydroxyl groups excluding tert-OH is 2. The molecule has 0 amide bonds. The van der Waals surface area contributed by atoms with E-state index >= 15 is 0 Å². The molecular formula is C13H23N3O2. The summed E-state index contributed by atoms with van der Waals surface area (Å²) in [7, 11) is 0. The third-order valence-corrected chi connectivity index (χ3v) is 3.73. The SMILES string of the molecule is OCCn1cc(CNC2CCCCC2CO)cn1. The van der Waals surface area contributed by atoms with Gasteiger partial charge in [0.1, 0.15) is 0 Å². The molecule has 1 heterocycles. The van der Waals surface area contributed by atoms with E-state index in [1.807, 2.05) is 12.4 Å². The highest BCUT2D eigenvalue weighted by Gasteiger charge is 2.23. The average Bonchev–Trinajstić information content (AvgIpc) is 2.85. The van der Waals surface area contributed by atoms with Crippen molar-refractivity contribution < 1.29 is 10.2 Å². The van der Waals surface area contributed by atoms with Crippen LogP contribution in [0.15, 0.2) is 12.4 Å². The molecule has 2 atom stereocenters. The Balaban J connectivity index is 1.81. The van der Waals surface area contributed by atoms with Crippen molar-refractivity contribution in [3.8, 4) is 0 Å². The van der Waals surface area contributed by atoms with E-state index in [0.717, 1.165) is 24.9 Å². The molecule has 5 nitrogen and oxygen atoms in total. The second kappa shape index (κ2) is 6.87. The Labute approximate surface area is 108 Å². The van der Waals surface area contributed by atoms with Crippen molar-refractivity contribution in [2.24, 2.45) is 5.92 Å². The highest BCUT2D eigenvalue weighted by atomic mass is 16.3. The van der Waals surface area contributed by atoms with Crippen LogP contribution in [0.25, 0.3) is 0 Å². The molecule has 3 N–H and O–H groups in total. The van der Waals surface area contributed by atoms with Crippen molar-refractivity contribution in [2.45, 2.75) is 44.8 Å². The summed E-state index contributed by atoms with van der Waals surface area (Å²) >= 11 is 0. The van der Waals surface area contributed by atoms with Crippen LogP contribution in [-0.2, 0) is 13.1 Å². The Morgan fingerprint density at radius 3 is 2.94 bits per heavy atom. The molecule has 1 fully saturated rings. The van der Waals surface area contributed by atoms with Gasteiger partial charge in [0.25, 0.3) is 0 Å². The second-order valence-corrected chi connectivity index (χ2v) is 5.05. The van der Waals surface area contributed by atoms with Crippen LogP contribution in [0, 0.1) is 5.92 Å². The summed E-state index contributed by atoms with van der Waals surface area (Å²) in [5.41, 5.74) is 1.13. The van der Waals surface area contributed by atoms with E-state index in [2.05, 4.69) is 10.4 Å². The van der Waals surface area contributed by atoms with E-state index in [4.69, 9.17) is 5.11 Å². The highest BCUT2D eigenvalue weighted by Crippen LogP contribution is 2.24. The molecule has 0 spiro atoms. The summed E-state index contributed by atoms with van der Waals surface area (Å²) < 4.78 is 1.75. The molecule has 1 saturated carbocycles. The summed E-state index contributed by atoms with van der Waals surface area (Å²) in [6.07, 6.45) is 8.54. The van der Waals surface area contributed by atoms with Gasteiger partial charge in [-0.05, 0) is 18.8 Å². The minimum Gasteiger partial charge on any atom is -0.396 e. The fraction of sp³-hybridized carbons (Fsp3) is 0.769. The van der Waals surface area contributed by atoms with E-state index < -0.39 is 0 Å². The largest absolute Gasteiger partial charge is 0.396 e. The van der Waals surface area contributed by atoms with Crippen LogP contribution < -0.4 is 5.32 Å². The van der Waals surface area contributed by atoms with E-state index in [-0.39, 0.29) is 13.2 Å². The lowest BCUT2D eigenvalue weighted by Crippen LogP contribution is -2.39. The van der Waals surface area contributed by atoms with Gasteiger partial charge >= 0.3 is 0 Å². The summed E-state index contributed by atoms with van der Waals surface area (Å²) in [5, 5.41) is 25.9. The number of hydrogen-bond donors (Lipinski definition) is 3. The maximum atomic E-state index is 9.35. The first-order valence-corrected chi connectivity index (χ1v) is 6.80. The predicted molar refractivity (Wildman–Crippen MR) is 69.0 cm³/mol. The first kappa shape index (κ1) is 13.5. The number of hydrogen-bond acceptors (Lipinski definition) is 4. The molecule has 0 radical (unpaired) electrons. The average molecular weight is 253 g/mol. The Morgan fingerprint density at radius 1 is 1.33 bits per heavy atom. The highest BCUT2D eigenvalue weighted by molar-refractivity contribution is 5.03. The number of rotatable bonds is 6. The van der Waals surface area contributed by atoms with Gasteiger partial charge in [-0.15, -0.1) is 0 Å². The first-order valence-electron chi connectivity index (χ1n) is 6.80. The van der Waals surface area contributed by atoms with Gasteiger partial charge in [-0.2, -0.15) is 5.10 Å². The van der Waals surface area contributed by atoms with E-state index in [1.165, 1.54) is 12.8 Å². The van der Waals surface area contributed by atoms with Gasteiger partial charge in [-0.3, -0.25) is 4.68 Å². The fourth-order valence-electron chi connectivity index (χ4n) is 2.67. The van der Waals surface area contributed by atoms with Gasteiger partial charge in [0.15, 0.2) is 0 Å². The van der Waals surface area contributed by atoms with E-state index in [9.17, 15) is 5.11 Å². The topological polar surface area (TPSA) is 70.3 Å². The molecular weight excluding hydrogens is 230 g/mol. The van der Waals surface area contributed by atoms with Gasteiger partial charge in [0.2, 0.25) is 0 Å². The van der Waals surface area contributed by atoms with Crippen molar-refractivity contribution in [3.63, 3.8) is 0 Å². The molecule has 5 heteroatoms. The molecule has 0 aromatic carbocycles. The van der Waals surface area contributed by atoms with E-state index in [1.54, 1.807) is 4.68 Å². The van der Waals surface area contributed by atoms with Gasteiger partial charge in [0, 0.05) is 31.0 Å². The lowest BCUT2D eigenvalue weighted by Gasteiger charge is -2.30. The van der Waals surface area contributed by atoms with Crippen LogP contribution in [0.1, 0.15) is 31.2 Å². The summed E-state index contributed by atoms with van der Waals surface area (Å²) in [6.45, 7) is 1.72. The fourth-order valence-corrected chi connectivity index (χ4v) is 2.67. The molecule has 1 aliphatic rings. The lowest BCUT2D eigenvalue weighted by molar-refractivity contribution is 0.152. The zero-order chi connectivity index (χ0) is 12.8. The van der Waals surface area contributed by atoms with Gasteiger partial charge in [-0.1, -0.05) is 12.8 Å². The van der Waals surface area contributed by atoms with Gasteiger partial charge < -0.3 is 15.5 Å². The Morgan fingerprint density at radius 2 is 2.17 bits per heavy atom. The standard InChI is InChI=1S/C13H23N3O2/c17-6-5-16-9-11(8-15-16)7-14-13-4-2-1-3-12(13)10-18/h8-9,12-14,17-18H,1-7,10H2. The van der Waals surface area contributed by atoms with Crippen molar-refractivity contribution >= 4 is 0 Å². The van der Waals surface area contributed by atoms with Gasteiger partial charge in [-0.25, -0.2) is 0 Å². The molecule has 0 aliphatic heterocycles. The second-order valence-electron chi connectivity index (χ2n) is 5.05. The maximum Gasteiger partial charge on any atom is 0.0640 e. The minimum absolute atomic E-state index is 0.115. The maximum absolute atomic E-state index is 9.35. The Bertz CT molecular complexity index is 354. The van der Waals surface area contributed by atoms with Crippen LogP contribution in [0.5, 0.6) is 0 Å². The summed E-state index contributed by atoms with van der Waals surface area (Å²) in [5.74, 6) is 0.395. The molecule has 18 heavy (non-hydrogen) atoms. The zero-order valence-corrected chi connectivity index (χ0v) is 10.8. The predicted octanol–water partition coefficient (Wildman–Crippen LogP) is 0.516. The third kappa shape index (κ3) is 3.54. The first-order chi connectivity index (χ1) is 8.83. The van der Waals surface area contributed by atoms with E-state index in [0.29, 0.717) is 18.5 Å². The number of nitrogens with zero attached hydrogens (tertiary/aromatic N) is 2. The monoisotopic (exact) mass is 253 g/mol. The zero-order valence-electron chi connectivity index (χ0n) is 10.8. The van der Waals surface area contributed by atoms with Crippen LogP contribution >= 0.6 is 0 Å².